The number of carbonyl (C=O) groups is 3. The van der Waals surface area contributed by atoms with Crippen molar-refractivity contribution < 1.29 is 28.8 Å². The minimum absolute atomic E-state index is 0.415. The summed E-state index contributed by atoms with van der Waals surface area (Å²) in [5, 5.41) is 19.0. The first-order chi connectivity index (χ1) is 6.82. The lowest BCUT2D eigenvalue weighted by Crippen LogP contribution is -2.44. The molecule has 0 aliphatic heterocycles. The predicted molar refractivity (Wildman–Crippen MR) is 50.8 cm³/mol. The van der Waals surface area contributed by atoms with E-state index >= 15 is 0 Å². The topological polar surface area (TPSA) is 121 Å². The lowest BCUT2D eigenvalue weighted by atomic mass is 10.3. The van der Waals surface area contributed by atoms with Crippen molar-refractivity contribution in [3.8, 4) is 0 Å². The SMILES string of the molecule is CC(=O)N[C@@H](C[S@](=O)CC(=O)O)C(=O)O. The van der Waals surface area contributed by atoms with E-state index in [1.54, 1.807) is 0 Å². The van der Waals surface area contributed by atoms with E-state index in [0.29, 0.717) is 0 Å². The van der Waals surface area contributed by atoms with Crippen molar-refractivity contribution in [3.63, 3.8) is 0 Å². The van der Waals surface area contributed by atoms with Crippen molar-refractivity contribution in [3.05, 3.63) is 0 Å². The van der Waals surface area contributed by atoms with Crippen LogP contribution < -0.4 is 5.32 Å². The molecule has 3 N–H and O–H groups in total. The molecule has 0 aliphatic carbocycles. The fraction of sp³-hybridized carbons (Fsp3) is 0.571. The number of aliphatic carboxylic acids is 2. The molecule has 8 heteroatoms. The molecule has 0 rings (SSSR count). The van der Waals surface area contributed by atoms with Crippen LogP contribution in [0.1, 0.15) is 6.92 Å². The maximum Gasteiger partial charge on any atom is 0.327 e. The molecule has 86 valence electrons. The Morgan fingerprint density at radius 2 is 1.87 bits per heavy atom. The number of carboxylic acids is 2. The van der Waals surface area contributed by atoms with Crippen LogP contribution in [0, 0.1) is 0 Å². The molecule has 0 bridgehead atoms. The lowest BCUT2D eigenvalue weighted by Gasteiger charge is -2.11. The smallest absolute Gasteiger partial charge is 0.327 e. The number of amides is 1. The highest BCUT2D eigenvalue weighted by atomic mass is 32.2. The van der Waals surface area contributed by atoms with Crippen LogP contribution in [-0.4, -0.2) is 49.8 Å². The second kappa shape index (κ2) is 6.12. The van der Waals surface area contributed by atoms with Gasteiger partial charge < -0.3 is 15.5 Å². The highest BCUT2D eigenvalue weighted by Gasteiger charge is 2.22. The number of carboxylic acid groups (broad SMARTS) is 2. The van der Waals surface area contributed by atoms with Crippen molar-refractivity contribution in [2.24, 2.45) is 0 Å². The standard InChI is InChI=1S/C7H11NO6S/c1-4(9)8-5(7(12)13)2-15(14)3-6(10)11/h5H,2-3H2,1H3,(H,8,9)(H,10,11)(H,12,13)/t5-,15-/m0/s1. The minimum atomic E-state index is -1.81. The molecule has 0 saturated heterocycles. The molecule has 0 spiro atoms. The van der Waals surface area contributed by atoms with Gasteiger partial charge in [0, 0.05) is 17.7 Å². The Labute approximate surface area is 87.9 Å². The summed E-state index contributed by atoms with van der Waals surface area (Å²) in [5.41, 5.74) is 0. The van der Waals surface area contributed by atoms with Crippen LogP contribution >= 0.6 is 0 Å². The minimum Gasteiger partial charge on any atom is -0.481 e. The van der Waals surface area contributed by atoms with E-state index in [2.05, 4.69) is 5.32 Å². The molecule has 0 saturated carbocycles. The average molecular weight is 237 g/mol. The van der Waals surface area contributed by atoms with Gasteiger partial charge >= 0.3 is 11.9 Å². The molecule has 0 heterocycles. The lowest BCUT2D eigenvalue weighted by molar-refractivity contribution is -0.141. The molecule has 0 aromatic carbocycles. The number of hydrogen-bond acceptors (Lipinski definition) is 4. The quantitative estimate of drug-likeness (QED) is 0.512. The number of carbonyl (C=O) groups excluding carboxylic acids is 1. The molecule has 0 unspecified atom stereocenters. The summed E-state index contributed by atoms with van der Waals surface area (Å²) in [6.07, 6.45) is 0. The molecule has 0 fully saturated rings. The number of hydrogen-bond donors (Lipinski definition) is 3. The largest absolute Gasteiger partial charge is 0.481 e. The first kappa shape index (κ1) is 13.6. The van der Waals surface area contributed by atoms with Crippen LogP contribution in [0.5, 0.6) is 0 Å². The van der Waals surface area contributed by atoms with Crippen molar-refractivity contribution in [1.29, 1.82) is 0 Å². The Morgan fingerprint density at radius 3 is 2.20 bits per heavy atom. The Kier molecular flexibility index (Phi) is 5.53. The maximum absolute atomic E-state index is 11.1. The molecule has 0 radical (unpaired) electrons. The van der Waals surface area contributed by atoms with Crippen molar-refractivity contribution in [2.45, 2.75) is 13.0 Å². The van der Waals surface area contributed by atoms with Gasteiger partial charge in [0.05, 0.1) is 5.75 Å². The summed E-state index contributed by atoms with van der Waals surface area (Å²) in [5.74, 6) is -4.25. The molecule has 2 atom stereocenters. The van der Waals surface area contributed by atoms with Gasteiger partial charge in [0.15, 0.2) is 0 Å². The highest BCUT2D eigenvalue weighted by molar-refractivity contribution is 7.85. The van der Waals surface area contributed by atoms with Crippen LogP contribution in [0.4, 0.5) is 0 Å². The average Bonchev–Trinajstić information content (AvgIpc) is 1.99. The third kappa shape index (κ3) is 6.61. The van der Waals surface area contributed by atoms with Gasteiger partial charge in [0.2, 0.25) is 5.91 Å². The maximum atomic E-state index is 11.1. The molecule has 0 aromatic heterocycles. The Balaban J connectivity index is 4.28. The van der Waals surface area contributed by atoms with Gasteiger partial charge in [0.25, 0.3) is 0 Å². The van der Waals surface area contributed by atoms with Crippen molar-refractivity contribution >= 4 is 28.6 Å². The van der Waals surface area contributed by atoms with E-state index in [9.17, 15) is 18.6 Å². The Bertz CT molecular complexity index is 302. The zero-order valence-corrected chi connectivity index (χ0v) is 8.74. The highest BCUT2D eigenvalue weighted by Crippen LogP contribution is 1.91. The van der Waals surface area contributed by atoms with Crippen molar-refractivity contribution in [2.75, 3.05) is 11.5 Å². The van der Waals surface area contributed by atoms with Crippen molar-refractivity contribution in [1.82, 2.24) is 5.32 Å². The molecule has 15 heavy (non-hydrogen) atoms. The second-order valence-electron chi connectivity index (χ2n) is 2.74. The zero-order chi connectivity index (χ0) is 12.0. The van der Waals surface area contributed by atoms with E-state index in [0.717, 1.165) is 6.92 Å². The first-order valence-electron chi connectivity index (χ1n) is 3.89. The Morgan fingerprint density at radius 1 is 1.33 bits per heavy atom. The van der Waals surface area contributed by atoms with E-state index in [1.807, 2.05) is 0 Å². The molecule has 0 aliphatic rings. The summed E-state index contributed by atoms with van der Waals surface area (Å²) in [6.45, 7) is 1.12. The molecular weight excluding hydrogens is 226 g/mol. The van der Waals surface area contributed by atoms with Gasteiger partial charge in [-0.1, -0.05) is 0 Å². The molecule has 1 amide bonds. The van der Waals surface area contributed by atoms with E-state index in [4.69, 9.17) is 10.2 Å². The summed E-state index contributed by atoms with van der Waals surface area (Å²) in [6, 6.07) is -1.32. The van der Waals surface area contributed by atoms with Gasteiger partial charge in [-0.2, -0.15) is 0 Å². The Hall–Kier alpha value is -1.44. The zero-order valence-electron chi connectivity index (χ0n) is 7.93. The van der Waals surface area contributed by atoms with Crippen LogP contribution in [0.3, 0.4) is 0 Å². The van der Waals surface area contributed by atoms with Gasteiger partial charge in [-0.15, -0.1) is 0 Å². The van der Waals surface area contributed by atoms with E-state index in [1.165, 1.54) is 0 Å². The fourth-order valence-electron chi connectivity index (χ4n) is 0.803. The van der Waals surface area contributed by atoms with E-state index < -0.39 is 46.2 Å². The van der Waals surface area contributed by atoms with Crippen LogP contribution in [0.15, 0.2) is 0 Å². The molecule has 7 nitrogen and oxygen atoms in total. The fourth-order valence-corrected chi connectivity index (χ4v) is 1.79. The van der Waals surface area contributed by atoms with Crippen LogP contribution in [0.2, 0.25) is 0 Å². The third-order valence-corrected chi connectivity index (χ3v) is 2.59. The third-order valence-electron chi connectivity index (χ3n) is 1.31. The summed E-state index contributed by atoms with van der Waals surface area (Å²) in [7, 11) is -1.81. The number of nitrogens with one attached hydrogen (secondary N) is 1. The first-order valence-corrected chi connectivity index (χ1v) is 5.38. The van der Waals surface area contributed by atoms with E-state index in [-0.39, 0.29) is 0 Å². The summed E-state index contributed by atoms with van der Waals surface area (Å²) >= 11 is 0. The predicted octanol–water partition coefficient (Wildman–Crippen LogP) is -1.59. The normalized spacial score (nSPS) is 13.9. The summed E-state index contributed by atoms with van der Waals surface area (Å²) in [4.78, 5) is 31.3. The van der Waals surface area contributed by atoms with Gasteiger partial charge in [0.1, 0.15) is 11.8 Å². The van der Waals surface area contributed by atoms with Gasteiger partial charge in [-0.25, -0.2) is 4.79 Å². The number of rotatable bonds is 6. The second-order valence-corrected chi connectivity index (χ2v) is 4.24. The van der Waals surface area contributed by atoms with Crippen LogP contribution in [-0.2, 0) is 25.2 Å². The molecule has 0 aromatic rings. The van der Waals surface area contributed by atoms with Crippen LogP contribution in [0.25, 0.3) is 0 Å². The monoisotopic (exact) mass is 237 g/mol. The van der Waals surface area contributed by atoms with Gasteiger partial charge in [-0.05, 0) is 0 Å². The van der Waals surface area contributed by atoms with Gasteiger partial charge in [-0.3, -0.25) is 13.8 Å². The molecular formula is C7H11NO6S. The summed E-state index contributed by atoms with van der Waals surface area (Å²) < 4.78 is 11.1.